The number of carbonyl (C=O) groups excluding carboxylic acids is 3. The minimum absolute atomic E-state index is 0.107. The smallest absolute Gasteiger partial charge is 0.407 e. The molecule has 0 atom stereocenters. The molecule has 0 spiro atoms. The van der Waals surface area contributed by atoms with Gasteiger partial charge in [-0.15, -0.1) is 0 Å². The van der Waals surface area contributed by atoms with Gasteiger partial charge in [0.25, 0.3) is 5.91 Å². The Hall–Kier alpha value is -2.77. The van der Waals surface area contributed by atoms with Crippen LogP contribution in [0.15, 0.2) is 30.3 Å². The molecule has 0 unspecified atom stereocenters. The predicted molar refractivity (Wildman–Crippen MR) is 70.1 cm³/mol. The van der Waals surface area contributed by atoms with Crippen molar-refractivity contribution in [1.82, 2.24) is 15.8 Å². The van der Waals surface area contributed by atoms with Gasteiger partial charge in [-0.2, -0.15) is 0 Å². The van der Waals surface area contributed by atoms with E-state index in [1.807, 2.05) is 30.3 Å². The van der Waals surface area contributed by atoms with Crippen LogP contribution in [-0.2, 0) is 16.1 Å². The number of urea groups is 1. The highest BCUT2D eigenvalue weighted by Crippen LogP contribution is 2.00. The summed E-state index contributed by atoms with van der Waals surface area (Å²) >= 11 is 0. The monoisotopic (exact) mass is 280 g/mol. The Morgan fingerprint density at radius 3 is 2.50 bits per heavy atom. The van der Waals surface area contributed by atoms with Gasteiger partial charge in [-0.3, -0.25) is 9.80 Å². The fourth-order valence-electron chi connectivity index (χ4n) is 1.27. The molecule has 0 aliphatic heterocycles. The third-order valence-corrected chi connectivity index (χ3v) is 2.25. The summed E-state index contributed by atoms with van der Waals surface area (Å²) < 4.78 is 4.91. The van der Waals surface area contributed by atoms with E-state index in [1.54, 1.807) is 0 Å². The first-order valence-electron chi connectivity index (χ1n) is 5.76. The maximum absolute atomic E-state index is 11.4. The molecular weight excluding hydrogens is 264 g/mol. The average molecular weight is 280 g/mol. The molecule has 0 bridgehead atoms. The second kappa shape index (κ2) is 7.62. The Morgan fingerprint density at radius 2 is 1.90 bits per heavy atom. The summed E-state index contributed by atoms with van der Waals surface area (Å²) in [6.45, 7) is -0.208. The number of nitrogens with zero attached hydrogens (tertiary/aromatic N) is 1. The van der Waals surface area contributed by atoms with E-state index >= 15 is 0 Å². The highest BCUT2D eigenvalue weighted by molar-refractivity contribution is 5.84. The van der Waals surface area contributed by atoms with Crippen molar-refractivity contribution >= 4 is 18.0 Å². The van der Waals surface area contributed by atoms with Crippen LogP contribution < -0.4 is 16.5 Å². The molecule has 8 nitrogen and oxygen atoms in total. The summed E-state index contributed by atoms with van der Waals surface area (Å²) in [4.78, 5) is 33.3. The molecule has 4 N–H and O–H groups in total. The molecule has 0 aliphatic rings. The molecule has 8 heteroatoms. The third-order valence-electron chi connectivity index (χ3n) is 2.25. The highest BCUT2D eigenvalue weighted by atomic mass is 16.5. The van der Waals surface area contributed by atoms with Gasteiger partial charge in [-0.05, 0) is 5.56 Å². The number of carbonyl (C=O) groups is 3. The molecule has 1 aromatic rings. The number of nitrogens with two attached hydrogens (primary N) is 1. The first kappa shape index (κ1) is 15.3. The summed E-state index contributed by atoms with van der Waals surface area (Å²) in [6.07, 6.45) is -0.727. The van der Waals surface area contributed by atoms with E-state index in [0.717, 1.165) is 10.6 Å². The van der Waals surface area contributed by atoms with E-state index in [9.17, 15) is 14.4 Å². The number of hydrogen-bond donors (Lipinski definition) is 3. The van der Waals surface area contributed by atoms with E-state index in [1.165, 1.54) is 7.05 Å². The zero-order valence-corrected chi connectivity index (χ0v) is 11.0. The lowest BCUT2D eigenvalue weighted by Crippen LogP contribution is -2.49. The topological polar surface area (TPSA) is 114 Å². The van der Waals surface area contributed by atoms with Crippen LogP contribution in [0, 0.1) is 0 Å². The number of benzene rings is 1. The molecule has 0 aromatic heterocycles. The number of hydrogen-bond acceptors (Lipinski definition) is 4. The molecule has 0 aliphatic carbocycles. The number of alkyl carbamates (subject to hydrolysis) is 1. The van der Waals surface area contributed by atoms with Gasteiger partial charge in [0.1, 0.15) is 13.2 Å². The molecule has 0 heterocycles. The first-order chi connectivity index (χ1) is 9.49. The SMILES string of the molecule is CN(NC(N)=O)C(=O)CNC(=O)OCc1ccccc1. The fraction of sp³-hybridized carbons (Fsp3) is 0.250. The van der Waals surface area contributed by atoms with Crippen molar-refractivity contribution in [2.75, 3.05) is 13.6 Å². The summed E-state index contributed by atoms with van der Waals surface area (Å²) in [5.74, 6) is -0.541. The predicted octanol–water partition coefficient (Wildman–Crippen LogP) is -0.0455. The molecular formula is C12H16N4O4. The number of hydrazine groups is 1. The Kier molecular flexibility index (Phi) is 5.82. The molecule has 1 aromatic carbocycles. The van der Waals surface area contributed by atoms with Gasteiger partial charge in [0.15, 0.2) is 0 Å². The van der Waals surface area contributed by atoms with Crippen molar-refractivity contribution in [2.24, 2.45) is 5.73 Å². The second-order valence-corrected chi connectivity index (χ2v) is 3.84. The van der Waals surface area contributed by atoms with Crippen molar-refractivity contribution in [3.63, 3.8) is 0 Å². The molecule has 20 heavy (non-hydrogen) atoms. The van der Waals surface area contributed by atoms with Gasteiger partial charge in [0.2, 0.25) is 0 Å². The van der Waals surface area contributed by atoms with Crippen LogP contribution in [0.3, 0.4) is 0 Å². The van der Waals surface area contributed by atoms with Crippen molar-refractivity contribution in [1.29, 1.82) is 0 Å². The van der Waals surface area contributed by atoms with Crippen LogP contribution in [0.1, 0.15) is 5.56 Å². The summed E-state index contributed by atoms with van der Waals surface area (Å²) in [7, 11) is 1.31. The van der Waals surface area contributed by atoms with Crippen molar-refractivity contribution in [3.05, 3.63) is 35.9 Å². The minimum atomic E-state index is -0.868. The van der Waals surface area contributed by atoms with E-state index < -0.39 is 18.0 Å². The lowest BCUT2D eigenvalue weighted by molar-refractivity contribution is -0.130. The second-order valence-electron chi connectivity index (χ2n) is 3.84. The van der Waals surface area contributed by atoms with Crippen molar-refractivity contribution in [3.8, 4) is 0 Å². The minimum Gasteiger partial charge on any atom is -0.445 e. The van der Waals surface area contributed by atoms with Crippen LogP contribution in [-0.4, -0.2) is 36.6 Å². The Balaban J connectivity index is 2.26. The quantitative estimate of drug-likeness (QED) is 0.671. The van der Waals surface area contributed by atoms with Crippen molar-refractivity contribution in [2.45, 2.75) is 6.61 Å². The molecule has 0 fully saturated rings. The number of nitrogens with one attached hydrogen (secondary N) is 2. The summed E-state index contributed by atoms with van der Waals surface area (Å²) in [5.41, 5.74) is 7.73. The largest absolute Gasteiger partial charge is 0.445 e. The van der Waals surface area contributed by atoms with Gasteiger partial charge in [-0.25, -0.2) is 15.0 Å². The molecule has 1 rings (SSSR count). The molecule has 0 saturated carbocycles. The normalized spacial score (nSPS) is 9.45. The third kappa shape index (κ3) is 5.71. The standard InChI is InChI=1S/C12H16N4O4/c1-16(15-11(13)18)10(17)7-14-12(19)20-8-9-5-3-2-4-6-9/h2-6H,7-8H2,1H3,(H,14,19)(H3,13,15,18). The average Bonchev–Trinajstić information content (AvgIpc) is 2.42. The van der Waals surface area contributed by atoms with Crippen LogP contribution in [0.4, 0.5) is 9.59 Å². The molecule has 108 valence electrons. The lowest BCUT2D eigenvalue weighted by atomic mass is 10.2. The van der Waals surface area contributed by atoms with Gasteiger partial charge in [0, 0.05) is 7.05 Å². The van der Waals surface area contributed by atoms with Gasteiger partial charge < -0.3 is 15.8 Å². The van der Waals surface area contributed by atoms with E-state index in [-0.39, 0.29) is 13.2 Å². The molecule has 4 amide bonds. The van der Waals surface area contributed by atoms with Gasteiger partial charge in [0.05, 0.1) is 0 Å². The summed E-state index contributed by atoms with van der Waals surface area (Å²) in [6, 6.07) is 8.25. The van der Waals surface area contributed by atoms with Gasteiger partial charge in [-0.1, -0.05) is 30.3 Å². The zero-order valence-electron chi connectivity index (χ0n) is 11.0. The highest BCUT2D eigenvalue weighted by Gasteiger charge is 2.11. The van der Waals surface area contributed by atoms with Crippen LogP contribution in [0.25, 0.3) is 0 Å². The van der Waals surface area contributed by atoms with E-state index in [0.29, 0.717) is 0 Å². The number of primary amides is 1. The van der Waals surface area contributed by atoms with Crippen molar-refractivity contribution < 1.29 is 19.1 Å². The lowest BCUT2D eigenvalue weighted by Gasteiger charge is -2.16. The number of rotatable bonds is 4. The van der Waals surface area contributed by atoms with E-state index in [2.05, 4.69) is 10.7 Å². The fourth-order valence-corrected chi connectivity index (χ4v) is 1.27. The Bertz CT molecular complexity index is 478. The molecule has 0 saturated heterocycles. The van der Waals surface area contributed by atoms with E-state index in [4.69, 9.17) is 10.5 Å². The van der Waals surface area contributed by atoms with Crippen LogP contribution >= 0.6 is 0 Å². The maximum atomic E-state index is 11.4. The van der Waals surface area contributed by atoms with Gasteiger partial charge >= 0.3 is 12.1 Å². The Labute approximate surface area is 115 Å². The first-order valence-corrected chi connectivity index (χ1v) is 5.76. The maximum Gasteiger partial charge on any atom is 0.407 e. The number of ether oxygens (including phenoxy) is 1. The number of amides is 4. The Morgan fingerprint density at radius 1 is 1.25 bits per heavy atom. The number of likely N-dealkylation sites (N-methyl/N-ethyl adjacent to an activating group) is 1. The summed E-state index contributed by atoms with van der Waals surface area (Å²) in [5, 5.41) is 3.14. The van der Waals surface area contributed by atoms with Crippen LogP contribution in [0.5, 0.6) is 0 Å². The zero-order chi connectivity index (χ0) is 15.0. The van der Waals surface area contributed by atoms with Crippen LogP contribution in [0.2, 0.25) is 0 Å². The molecule has 0 radical (unpaired) electrons.